The minimum absolute atomic E-state index is 0.0265. The summed E-state index contributed by atoms with van der Waals surface area (Å²) in [6.45, 7) is 4.26. The van der Waals surface area contributed by atoms with Gasteiger partial charge in [-0.25, -0.2) is 8.42 Å². The van der Waals surface area contributed by atoms with E-state index >= 15 is 0 Å². The van der Waals surface area contributed by atoms with Crippen molar-refractivity contribution in [3.8, 4) is 11.6 Å². The summed E-state index contributed by atoms with van der Waals surface area (Å²) in [6.07, 6.45) is 3.31. The predicted octanol–water partition coefficient (Wildman–Crippen LogP) is 3.29. The van der Waals surface area contributed by atoms with Crippen LogP contribution in [-0.4, -0.2) is 34.7 Å². The van der Waals surface area contributed by atoms with Gasteiger partial charge in [0.05, 0.1) is 16.9 Å². The van der Waals surface area contributed by atoms with Crippen LogP contribution in [0.1, 0.15) is 0 Å². The maximum absolute atomic E-state index is 12.3. The molecular formula is C17H17N3O3S2. The molecule has 0 spiro atoms. The second kappa shape index (κ2) is 7.71. The van der Waals surface area contributed by atoms with E-state index in [1.54, 1.807) is 54.8 Å². The third-order valence-electron chi connectivity index (χ3n) is 3.46. The number of furan rings is 1. The fourth-order valence-electron chi connectivity index (χ4n) is 2.27. The van der Waals surface area contributed by atoms with Gasteiger partial charge in [-0.2, -0.15) is 0 Å². The lowest BCUT2D eigenvalue weighted by atomic mass is 10.4. The maximum atomic E-state index is 12.3. The molecule has 3 aromatic rings. The van der Waals surface area contributed by atoms with E-state index in [0.717, 1.165) is 0 Å². The van der Waals surface area contributed by atoms with Crippen molar-refractivity contribution in [2.75, 3.05) is 11.5 Å². The van der Waals surface area contributed by atoms with E-state index in [1.807, 2.05) is 4.57 Å². The number of thioether (sulfide) groups is 1. The van der Waals surface area contributed by atoms with Crippen LogP contribution in [0.25, 0.3) is 11.6 Å². The van der Waals surface area contributed by atoms with E-state index in [1.165, 1.54) is 11.8 Å². The van der Waals surface area contributed by atoms with Gasteiger partial charge in [0, 0.05) is 12.3 Å². The number of hydrogen-bond acceptors (Lipinski definition) is 6. The molecule has 0 aliphatic heterocycles. The molecule has 0 amide bonds. The van der Waals surface area contributed by atoms with Crippen LogP contribution in [0.3, 0.4) is 0 Å². The minimum Gasteiger partial charge on any atom is -0.461 e. The highest BCUT2D eigenvalue weighted by Gasteiger charge is 2.18. The highest BCUT2D eigenvalue weighted by Crippen LogP contribution is 2.25. The van der Waals surface area contributed by atoms with Crippen molar-refractivity contribution in [1.82, 2.24) is 14.8 Å². The molecule has 2 aromatic heterocycles. The number of allylic oxidation sites excluding steroid dienone is 1. The molecule has 8 heteroatoms. The molecule has 0 saturated carbocycles. The molecule has 130 valence electrons. The van der Waals surface area contributed by atoms with Gasteiger partial charge >= 0.3 is 0 Å². The summed E-state index contributed by atoms with van der Waals surface area (Å²) in [4.78, 5) is 0.333. The molecule has 0 aliphatic carbocycles. The van der Waals surface area contributed by atoms with Crippen molar-refractivity contribution in [3.05, 3.63) is 61.4 Å². The lowest BCUT2D eigenvalue weighted by Crippen LogP contribution is -2.09. The molecule has 0 aliphatic rings. The zero-order valence-corrected chi connectivity index (χ0v) is 15.0. The fourth-order valence-corrected chi connectivity index (χ4v) is 4.88. The van der Waals surface area contributed by atoms with Crippen LogP contribution in [0.2, 0.25) is 0 Å². The highest BCUT2D eigenvalue weighted by molar-refractivity contribution is 8.00. The summed E-state index contributed by atoms with van der Waals surface area (Å²) in [6, 6.07) is 12.0. The fraction of sp³-hybridized carbons (Fsp3) is 0.176. The lowest BCUT2D eigenvalue weighted by molar-refractivity contribution is 0.569. The first-order chi connectivity index (χ1) is 12.1. The Morgan fingerprint density at radius 3 is 2.64 bits per heavy atom. The predicted molar refractivity (Wildman–Crippen MR) is 97.1 cm³/mol. The topological polar surface area (TPSA) is 78.0 Å². The molecule has 0 radical (unpaired) electrons. The van der Waals surface area contributed by atoms with E-state index in [2.05, 4.69) is 16.8 Å². The molecule has 0 saturated heterocycles. The number of benzene rings is 1. The number of aromatic nitrogens is 3. The van der Waals surface area contributed by atoms with Gasteiger partial charge < -0.3 is 4.42 Å². The Balaban J connectivity index is 1.72. The monoisotopic (exact) mass is 375 g/mol. The number of rotatable bonds is 8. The quantitative estimate of drug-likeness (QED) is 0.444. The largest absolute Gasteiger partial charge is 0.461 e. The molecule has 0 fully saturated rings. The van der Waals surface area contributed by atoms with E-state index in [0.29, 0.717) is 33.9 Å². The van der Waals surface area contributed by atoms with Crippen molar-refractivity contribution in [2.24, 2.45) is 0 Å². The summed E-state index contributed by atoms with van der Waals surface area (Å²) in [5.41, 5.74) is 0. The van der Waals surface area contributed by atoms with Gasteiger partial charge in [0.1, 0.15) is 0 Å². The van der Waals surface area contributed by atoms with Gasteiger partial charge in [-0.1, -0.05) is 36.0 Å². The van der Waals surface area contributed by atoms with Gasteiger partial charge in [0.15, 0.2) is 20.8 Å². The van der Waals surface area contributed by atoms with Crippen molar-refractivity contribution < 1.29 is 12.8 Å². The third kappa shape index (κ3) is 4.02. The second-order valence-electron chi connectivity index (χ2n) is 5.16. The summed E-state index contributed by atoms with van der Waals surface area (Å²) in [5, 5.41) is 8.94. The first-order valence-electron chi connectivity index (χ1n) is 7.60. The Morgan fingerprint density at radius 1 is 1.16 bits per heavy atom. The lowest BCUT2D eigenvalue weighted by Gasteiger charge is -2.07. The summed E-state index contributed by atoms with van der Waals surface area (Å²) >= 11 is 1.35. The minimum atomic E-state index is -3.31. The van der Waals surface area contributed by atoms with Gasteiger partial charge in [-0.05, 0) is 24.3 Å². The van der Waals surface area contributed by atoms with Crippen LogP contribution >= 0.6 is 11.8 Å². The van der Waals surface area contributed by atoms with Crippen LogP contribution in [-0.2, 0) is 16.4 Å². The Hall–Kier alpha value is -2.32. The van der Waals surface area contributed by atoms with Crippen molar-refractivity contribution in [1.29, 1.82) is 0 Å². The van der Waals surface area contributed by atoms with Crippen LogP contribution in [0, 0.1) is 0 Å². The molecule has 0 unspecified atom stereocenters. The van der Waals surface area contributed by atoms with Crippen LogP contribution in [0.15, 0.2) is 75.9 Å². The van der Waals surface area contributed by atoms with E-state index in [9.17, 15) is 8.42 Å². The van der Waals surface area contributed by atoms with Crippen LogP contribution < -0.4 is 0 Å². The van der Waals surface area contributed by atoms with Crippen LogP contribution in [0.4, 0.5) is 0 Å². The highest BCUT2D eigenvalue weighted by atomic mass is 32.2. The molecular weight excluding hydrogens is 358 g/mol. The molecule has 1 aromatic carbocycles. The Labute approximate surface area is 150 Å². The molecule has 2 heterocycles. The number of sulfone groups is 1. The van der Waals surface area contributed by atoms with E-state index in [-0.39, 0.29) is 5.75 Å². The van der Waals surface area contributed by atoms with Crippen molar-refractivity contribution in [2.45, 2.75) is 16.6 Å². The molecule has 25 heavy (non-hydrogen) atoms. The Morgan fingerprint density at radius 2 is 1.96 bits per heavy atom. The van der Waals surface area contributed by atoms with Crippen molar-refractivity contribution >= 4 is 21.6 Å². The molecule has 6 nitrogen and oxygen atoms in total. The number of hydrogen-bond donors (Lipinski definition) is 0. The molecule has 0 bridgehead atoms. The summed E-state index contributed by atoms with van der Waals surface area (Å²) in [5.74, 6) is 1.61. The van der Waals surface area contributed by atoms with Gasteiger partial charge in [0.2, 0.25) is 5.82 Å². The van der Waals surface area contributed by atoms with Crippen molar-refractivity contribution in [3.63, 3.8) is 0 Å². The van der Waals surface area contributed by atoms with Gasteiger partial charge in [-0.15, -0.1) is 16.8 Å². The SMILES string of the molecule is C=CCn1c(SCCS(=O)(=O)c2ccccc2)nnc1-c1ccco1. The average molecular weight is 375 g/mol. The molecule has 0 atom stereocenters. The normalized spacial score (nSPS) is 11.5. The maximum Gasteiger partial charge on any atom is 0.200 e. The van der Waals surface area contributed by atoms with Crippen LogP contribution in [0.5, 0.6) is 0 Å². The first-order valence-corrected chi connectivity index (χ1v) is 10.2. The Bertz CT molecular complexity index is 933. The number of nitrogens with zero attached hydrogens (tertiary/aromatic N) is 3. The summed E-state index contributed by atoms with van der Waals surface area (Å²) in [7, 11) is -3.31. The first kappa shape index (κ1) is 17.5. The van der Waals surface area contributed by atoms with Gasteiger partial charge in [-0.3, -0.25) is 4.57 Å². The average Bonchev–Trinajstić information content (AvgIpc) is 3.26. The zero-order valence-electron chi connectivity index (χ0n) is 13.4. The summed E-state index contributed by atoms with van der Waals surface area (Å²) < 4.78 is 31.9. The zero-order chi connectivity index (χ0) is 17.7. The van der Waals surface area contributed by atoms with E-state index < -0.39 is 9.84 Å². The van der Waals surface area contributed by atoms with Gasteiger partial charge in [0.25, 0.3) is 0 Å². The standard InChI is InChI=1S/C17H17N3O3S2/c1-2-10-20-16(15-9-6-11-23-15)18-19-17(20)24-12-13-25(21,22)14-7-4-3-5-8-14/h2-9,11H,1,10,12-13H2. The molecule has 3 rings (SSSR count). The van der Waals surface area contributed by atoms with E-state index in [4.69, 9.17) is 4.42 Å². The third-order valence-corrected chi connectivity index (χ3v) is 6.41. The molecule has 0 N–H and O–H groups in total. The second-order valence-corrected chi connectivity index (χ2v) is 8.33. The smallest absolute Gasteiger partial charge is 0.200 e. The Kier molecular flexibility index (Phi) is 5.40.